The number of carboxylic acids is 1. The smallest absolute Gasteiger partial charge is 0.323 e. The van der Waals surface area contributed by atoms with E-state index in [1.54, 1.807) is 24.3 Å². The molecule has 0 aliphatic carbocycles. The van der Waals surface area contributed by atoms with Crippen LogP contribution in [-0.2, 0) is 11.3 Å². The van der Waals surface area contributed by atoms with E-state index in [1.165, 1.54) is 17.7 Å². The Bertz CT molecular complexity index is 1060. The Morgan fingerprint density at radius 2 is 1.92 bits per heavy atom. The number of hydrogen-bond acceptors (Lipinski definition) is 5. The van der Waals surface area contributed by atoms with E-state index in [9.17, 15) is 14.7 Å². The van der Waals surface area contributed by atoms with Crippen molar-refractivity contribution in [3.05, 3.63) is 45.6 Å². The largest absolute Gasteiger partial charge is 0.493 e. The highest BCUT2D eigenvalue weighted by Crippen LogP contribution is 2.36. The number of methoxy groups -OCH3 is 1. The van der Waals surface area contributed by atoms with E-state index in [-0.39, 0.29) is 34.9 Å². The molecule has 0 bridgehead atoms. The maximum Gasteiger partial charge on any atom is 0.323 e. The van der Waals surface area contributed by atoms with Gasteiger partial charge in [-0.05, 0) is 24.3 Å². The molecule has 2 N–H and O–H groups in total. The summed E-state index contributed by atoms with van der Waals surface area (Å²) in [5.74, 6) is -0.601. The van der Waals surface area contributed by atoms with Gasteiger partial charge >= 0.3 is 5.97 Å². The fourth-order valence-corrected chi connectivity index (χ4v) is 3.23. The summed E-state index contributed by atoms with van der Waals surface area (Å²) >= 11 is 6.19. The lowest BCUT2D eigenvalue weighted by molar-refractivity contribution is -0.137. The van der Waals surface area contributed by atoms with E-state index in [4.69, 9.17) is 26.2 Å². The van der Waals surface area contributed by atoms with Crippen LogP contribution in [0.2, 0.25) is 5.02 Å². The molecular formula is C18H16ClNO6. The van der Waals surface area contributed by atoms with Crippen molar-refractivity contribution in [1.82, 2.24) is 4.57 Å². The molecule has 26 heavy (non-hydrogen) atoms. The van der Waals surface area contributed by atoms with Crippen molar-refractivity contribution < 1.29 is 24.5 Å². The van der Waals surface area contributed by atoms with Crippen LogP contribution in [0.4, 0.5) is 0 Å². The molecule has 0 amide bonds. The summed E-state index contributed by atoms with van der Waals surface area (Å²) in [5, 5.41) is 19.3. The van der Waals surface area contributed by atoms with E-state index in [1.807, 2.05) is 0 Å². The quantitative estimate of drug-likeness (QED) is 0.639. The molecular weight excluding hydrogens is 362 g/mol. The molecule has 0 unspecified atom stereocenters. The van der Waals surface area contributed by atoms with Crippen molar-refractivity contribution in [1.29, 1.82) is 0 Å². The fourth-order valence-electron chi connectivity index (χ4n) is 3.00. The molecule has 0 aliphatic rings. The molecule has 3 rings (SSSR count). The minimum Gasteiger partial charge on any atom is -0.493 e. The third kappa shape index (κ3) is 2.95. The summed E-state index contributed by atoms with van der Waals surface area (Å²) in [7, 11) is 1.40. The first-order chi connectivity index (χ1) is 12.5. The van der Waals surface area contributed by atoms with Gasteiger partial charge in [-0.2, -0.15) is 0 Å². The van der Waals surface area contributed by atoms with Crippen LogP contribution < -0.4 is 14.9 Å². The average Bonchev–Trinajstić information content (AvgIpc) is 2.62. The number of benzene rings is 2. The van der Waals surface area contributed by atoms with Crippen LogP contribution in [0, 0.1) is 0 Å². The minimum absolute atomic E-state index is 0.00505. The zero-order valence-electron chi connectivity index (χ0n) is 13.9. The van der Waals surface area contributed by atoms with Crippen LogP contribution >= 0.6 is 11.6 Å². The first kappa shape index (κ1) is 18.0. The minimum atomic E-state index is -1.10. The summed E-state index contributed by atoms with van der Waals surface area (Å²) in [6.07, 6.45) is 0. The van der Waals surface area contributed by atoms with E-state index in [2.05, 4.69) is 0 Å². The summed E-state index contributed by atoms with van der Waals surface area (Å²) < 4.78 is 12.3. The van der Waals surface area contributed by atoms with Crippen molar-refractivity contribution in [3.8, 4) is 11.5 Å². The highest BCUT2D eigenvalue weighted by atomic mass is 35.5. The summed E-state index contributed by atoms with van der Waals surface area (Å²) in [5.41, 5.74) is 0.294. The Labute approximate surface area is 152 Å². The monoisotopic (exact) mass is 377 g/mol. The van der Waals surface area contributed by atoms with Gasteiger partial charge in [0.25, 0.3) is 0 Å². The summed E-state index contributed by atoms with van der Waals surface area (Å²) in [6, 6.07) is 7.93. The topological polar surface area (TPSA) is 98.0 Å². The first-order valence-corrected chi connectivity index (χ1v) is 8.14. The van der Waals surface area contributed by atoms with Crippen LogP contribution in [0.15, 0.2) is 35.1 Å². The van der Waals surface area contributed by atoms with Crippen LogP contribution in [0.3, 0.4) is 0 Å². The molecule has 1 heterocycles. The molecule has 1 aromatic heterocycles. The summed E-state index contributed by atoms with van der Waals surface area (Å²) in [6.45, 7) is -0.642. The van der Waals surface area contributed by atoms with E-state index < -0.39 is 12.5 Å². The molecule has 136 valence electrons. The number of halogens is 1. The summed E-state index contributed by atoms with van der Waals surface area (Å²) in [4.78, 5) is 24.5. The Morgan fingerprint density at radius 1 is 1.19 bits per heavy atom. The number of fused-ring (bicyclic) bond motifs is 2. The zero-order chi connectivity index (χ0) is 18.8. The molecule has 2 aromatic carbocycles. The second kappa shape index (κ2) is 7.23. The van der Waals surface area contributed by atoms with Crippen LogP contribution in [-0.4, -0.2) is 41.1 Å². The van der Waals surface area contributed by atoms with Gasteiger partial charge < -0.3 is 24.3 Å². The molecule has 0 saturated carbocycles. The Morgan fingerprint density at radius 3 is 2.58 bits per heavy atom. The van der Waals surface area contributed by atoms with E-state index >= 15 is 0 Å². The lowest BCUT2D eigenvalue weighted by atomic mass is 10.1. The SMILES string of the molecule is COc1c(Cl)ccc2c(=O)c3cccc(OCCO)c3n(CC(=O)O)c12. The van der Waals surface area contributed by atoms with E-state index in [0.717, 1.165) is 0 Å². The van der Waals surface area contributed by atoms with Gasteiger partial charge in [0.15, 0.2) is 11.2 Å². The third-order valence-corrected chi connectivity index (χ3v) is 4.26. The first-order valence-electron chi connectivity index (χ1n) is 7.76. The molecule has 0 saturated heterocycles. The predicted molar refractivity (Wildman–Crippen MR) is 97.5 cm³/mol. The fraction of sp³-hybridized carbons (Fsp3) is 0.222. The number of nitrogens with zero attached hydrogens (tertiary/aromatic N) is 1. The predicted octanol–water partition coefficient (Wildman–Crippen LogP) is 2.27. The second-order valence-corrected chi connectivity index (χ2v) is 5.92. The molecule has 0 radical (unpaired) electrons. The van der Waals surface area contributed by atoms with Gasteiger partial charge in [0.05, 0.1) is 40.5 Å². The average molecular weight is 378 g/mol. The third-order valence-electron chi connectivity index (χ3n) is 3.96. The van der Waals surface area contributed by atoms with E-state index in [0.29, 0.717) is 22.0 Å². The molecule has 0 atom stereocenters. The van der Waals surface area contributed by atoms with Gasteiger partial charge in [0.2, 0.25) is 0 Å². The van der Waals surface area contributed by atoms with Crippen molar-refractivity contribution in [2.75, 3.05) is 20.3 Å². The standard InChI is InChI=1S/C18H16ClNO6/c1-25-18-12(19)6-5-11-16(18)20(9-14(22)23)15-10(17(11)24)3-2-4-13(15)26-8-7-21/h2-6,21H,7-9H2,1H3,(H,22,23). The lowest BCUT2D eigenvalue weighted by Gasteiger charge is -2.19. The normalized spacial score (nSPS) is 11.0. The number of rotatable bonds is 6. The van der Waals surface area contributed by atoms with Crippen molar-refractivity contribution >= 4 is 39.4 Å². The van der Waals surface area contributed by atoms with Crippen molar-refractivity contribution in [2.24, 2.45) is 0 Å². The van der Waals surface area contributed by atoms with Crippen LogP contribution in [0.25, 0.3) is 21.8 Å². The number of hydrogen-bond donors (Lipinski definition) is 2. The number of aliphatic hydroxyl groups is 1. The Kier molecular flexibility index (Phi) is 5.01. The number of pyridine rings is 1. The number of aliphatic carboxylic acids is 1. The maximum absolute atomic E-state index is 13.0. The number of aromatic nitrogens is 1. The van der Waals surface area contributed by atoms with Crippen molar-refractivity contribution in [3.63, 3.8) is 0 Å². The van der Waals surface area contributed by atoms with Gasteiger partial charge in [-0.1, -0.05) is 17.7 Å². The number of para-hydroxylation sites is 1. The second-order valence-electron chi connectivity index (χ2n) is 5.51. The lowest BCUT2D eigenvalue weighted by Crippen LogP contribution is -2.18. The van der Waals surface area contributed by atoms with Gasteiger partial charge in [0.1, 0.15) is 18.9 Å². The highest BCUT2D eigenvalue weighted by Gasteiger charge is 2.20. The number of aliphatic hydroxyl groups excluding tert-OH is 1. The number of carbonyl (C=O) groups is 1. The van der Waals surface area contributed by atoms with Crippen molar-refractivity contribution in [2.45, 2.75) is 6.54 Å². The van der Waals surface area contributed by atoms with Gasteiger partial charge in [-0.25, -0.2) is 0 Å². The van der Waals surface area contributed by atoms with Gasteiger partial charge in [-0.15, -0.1) is 0 Å². The molecule has 0 aliphatic heterocycles. The molecule has 7 nitrogen and oxygen atoms in total. The van der Waals surface area contributed by atoms with Gasteiger partial charge in [-0.3, -0.25) is 9.59 Å². The van der Waals surface area contributed by atoms with Crippen LogP contribution in [0.1, 0.15) is 0 Å². The molecule has 3 aromatic rings. The molecule has 0 spiro atoms. The zero-order valence-corrected chi connectivity index (χ0v) is 14.6. The number of carboxylic acid groups (broad SMARTS) is 1. The Balaban J connectivity index is 2.55. The number of ether oxygens (including phenoxy) is 2. The highest BCUT2D eigenvalue weighted by molar-refractivity contribution is 6.33. The van der Waals surface area contributed by atoms with Crippen LogP contribution in [0.5, 0.6) is 11.5 Å². The Hall–Kier alpha value is -2.77. The maximum atomic E-state index is 13.0. The molecule has 0 fully saturated rings. The molecule has 8 heteroatoms. The van der Waals surface area contributed by atoms with Gasteiger partial charge in [0, 0.05) is 0 Å².